The van der Waals surface area contributed by atoms with Crippen molar-refractivity contribution >= 4 is 23.4 Å². The Labute approximate surface area is 187 Å². The lowest BCUT2D eigenvalue weighted by Crippen LogP contribution is -2.16. The SMILES string of the molecule is C=CCn1c(SCC(=O)Nc2ccccc2CC)nnc1C(C)Oc1ccccc1C. The van der Waals surface area contributed by atoms with E-state index in [4.69, 9.17) is 4.74 Å². The van der Waals surface area contributed by atoms with Gasteiger partial charge in [0.05, 0.1) is 5.75 Å². The quantitative estimate of drug-likeness (QED) is 0.349. The molecule has 3 aromatic rings. The molecule has 0 radical (unpaired) electrons. The van der Waals surface area contributed by atoms with Crippen molar-refractivity contribution in [3.63, 3.8) is 0 Å². The molecule has 1 unspecified atom stereocenters. The van der Waals surface area contributed by atoms with E-state index < -0.39 is 0 Å². The second-order valence-electron chi connectivity index (χ2n) is 7.11. The minimum absolute atomic E-state index is 0.0789. The molecule has 3 rings (SSSR count). The van der Waals surface area contributed by atoms with Gasteiger partial charge in [0.25, 0.3) is 0 Å². The average molecular weight is 437 g/mol. The smallest absolute Gasteiger partial charge is 0.234 e. The van der Waals surface area contributed by atoms with Gasteiger partial charge in [0, 0.05) is 12.2 Å². The first-order chi connectivity index (χ1) is 15.0. The zero-order chi connectivity index (χ0) is 22.2. The van der Waals surface area contributed by atoms with E-state index in [1.807, 2.05) is 66.9 Å². The van der Waals surface area contributed by atoms with E-state index in [2.05, 4.69) is 29.0 Å². The molecule has 0 saturated heterocycles. The molecule has 0 fully saturated rings. The van der Waals surface area contributed by atoms with Crippen molar-refractivity contribution in [1.29, 1.82) is 0 Å². The maximum Gasteiger partial charge on any atom is 0.234 e. The summed E-state index contributed by atoms with van der Waals surface area (Å²) in [7, 11) is 0. The van der Waals surface area contributed by atoms with Crippen molar-refractivity contribution in [2.24, 2.45) is 0 Å². The maximum absolute atomic E-state index is 12.5. The molecule has 1 atom stereocenters. The fourth-order valence-electron chi connectivity index (χ4n) is 3.21. The number of amides is 1. The predicted molar refractivity (Wildman–Crippen MR) is 126 cm³/mol. The number of anilines is 1. The van der Waals surface area contributed by atoms with Gasteiger partial charge in [-0.2, -0.15) is 0 Å². The van der Waals surface area contributed by atoms with Crippen molar-refractivity contribution in [3.05, 3.63) is 78.1 Å². The van der Waals surface area contributed by atoms with E-state index in [9.17, 15) is 4.79 Å². The van der Waals surface area contributed by atoms with E-state index in [0.717, 1.165) is 29.0 Å². The summed E-state index contributed by atoms with van der Waals surface area (Å²) in [6.07, 6.45) is 2.35. The Hall–Kier alpha value is -3.06. The zero-order valence-corrected chi connectivity index (χ0v) is 19.0. The second kappa shape index (κ2) is 10.8. The molecule has 1 aromatic heterocycles. The van der Waals surface area contributed by atoms with Crippen LogP contribution in [0.4, 0.5) is 5.69 Å². The summed E-state index contributed by atoms with van der Waals surface area (Å²) in [5, 5.41) is 12.3. The molecule has 0 spiro atoms. The van der Waals surface area contributed by atoms with E-state index in [1.54, 1.807) is 6.08 Å². The molecule has 1 N–H and O–H groups in total. The summed E-state index contributed by atoms with van der Waals surface area (Å²) in [5.74, 6) is 1.67. The van der Waals surface area contributed by atoms with Gasteiger partial charge in [-0.1, -0.05) is 61.2 Å². The minimum atomic E-state index is -0.298. The van der Waals surface area contributed by atoms with Crippen LogP contribution in [0.15, 0.2) is 66.3 Å². The number of nitrogens with zero attached hydrogens (tertiary/aromatic N) is 3. The fourth-order valence-corrected chi connectivity index (χ4v) is 3.96. The molecule has 0 bridgehead atoms. The van der Waals surface area contributed by atoms with Gasteiger partial charge in [-0.25, -0.2) is 0 Å². The van der Waals surface area contributed by atoms with Crippen LogP contribution in [0.2, 0.25) is 0 Å². The largest absolute Gasteiger partial charge is 0.482 e. The van der Waals surface area contributed by atoms with Crippen LogP contribution in [0.1, 0.15) is 36.9 Å². The number of rotatable bonds is 10. The standard InChI is InChI=1S/C24H28N4O2S/c1-5-15-28-23(18(4)30-21-14-10-7-11-17(21)3)26-27-24(28)31-16-22(29)25-20-13-9-8-12-19(20)6-2/h5,7-14,18H,1,6,15-16H2,2-4H3,(H,25,29). The number of nitrogens with one attached hydrogen (secondary N) is 1. The van der Waals surface area contributed by atoms with Crippen LogP contribution >= 0.6 is 11.8 Å². The Balaban J connectivity index is 1.69. The third kappa shape index (κ3) is 5.76. The number of aromatic nitrogens is 3. The highest BCUT2D eigenvalue weighted by Gasteiger charge is 2.20. The Morgan fingerprint density at radius 3 is 2.71 bits per heavy atom. The lowest BCUT2D eigenvalue weighted by atomic mass is 10.1. The number of para-hydroxylation sites is 2. The van der Waals surface area contributed by atoms with Crippen molar-refractivity contribution < 1.29 is 9.53 Å². The predicted octanol–water partition coefficient (Wildman–Crippen LogP) is 5.21. The molecule has 162 valence electrons. The third-order valence-electron chi connectivity index (χ3n) is 4.82. The molecule has 7 heteroatoms. The van der Waals surface area contributed by atoms with Crippen molar-refractivity contribution in [2.75, 3.05) is 11.1 Å². The van der Waals surface area contributed by atoms with Crippen molar-refractivity contribution in [3.8, 4) is 5.75 Å². The van der Waals surface area contributed by atoms with Gasteiger partial charge in [-0.3, -0.25) is 9.36 Å². The van der Waals surface area contributed by atoms with Crippen LogP contribution in [0.3, 0.4) is 0 Å². The summed E-state index contributed by atoms with van der Waals surface area (Å²) >= 11 is 1.35. The Morgan fingerprint density at radius 2 is 1.97 bits per heavy atom. The molecular weight excluding hydrogens is 408 g/mol. The molecule has 1 heterocycles. The molecule has 0 saturated carbocycles. The van der Waals surface area contributed by atoms with Crippen LogP contribution in [0.5, 0.6) is 5.75 Å². The minimum Gasteiger partial charge on any atom is -0.482 e. The number of thioether (sulfide) groups is 1. The highest BCUT2D eigenvalue weighted by Crippen LogP contribution is 2.26. The van der Waals surface area contributed by atoms with Crippen molar-refractivity contribution in [1.82, 2.24) is 14.8 Å². The maximum atomic E-state index is 12.5. The molecule has 6 nitrogen and oxygen atoms in total. The van der Waals surface area contributed by atoms with Gasteiger partial charge in [-0.05, 0) is 43.5 Å². The van der Waals surface area contributed by atoms with E-state index in [1.165, 1.54) is 11.8 Å². The highest BCUT2D eigenvalue weighted by molar-refractivity contribution is 7.99. The summed E-state index contributed by atoms with van der Waals surface area (Å²) < 4.78 is 8.05. The number of hydrogen-bond acceptors (Lipinski definition) is 5. The number of allylic oxidation sites excluding steroid dienone is 1. The highest BCUT2D eigenvalue weighted by atomic mass is 32.2. The molecule has 31 heavy (non-hydrogen) atoms. The zero-order valence-electron chi connectivity index (χ0n) is 18.2. The number of ether oxygens (including phenoxy) is 1. The number of hydrogen-bond donors (Lipinski definition) is 1. The molecule has 0 aliphatic rings. The Bertz CT molecular complexity index is 1050. The first kappa shape index (κ1) is 22.6. The number of carbonyl (C=O) groups excluding carboxylic acids is 1. The Kier molecular flexibility index (Phi) is 7.89. The van der Waals surface area contributed by atoms with Gasteiger partial charge in [0.1, 0.15) is 5.75 Å². The first-order valence-electron chi connectivity index (χ1n) is 10.3. The molecular formula is C24H28N4O2S. The second-order valence-corrected chi connectivity index (χ2v) is 8.06. The lowest BCUT2D eigenvalue weighted by Gasteiger charge is -2.17. The number of benzene rings is 2. The first-order valence-corrected chi connectivity index (χ1v) is 11.3. The summed E-state index contributed by atoms with van der Waals surface area (Å²) in [4.78, 5) is 12.5. The summed E-state index contributed by atoms with van der Waals surface area (Å²) in [5.41, 5.74) is 3.02. The summed E-state index contributed by atoms with van der Waals surface area (Å²) in [6, 6.07) is 15.7. The van der Waals surface area contributed by atoms with Gasteiger partial charge in [0.2, 0.25) is 5.91 Å². The Morgan fingerprint density at radius 1 is 1.23 bits per heavy atom. The van der Waals surface area contributed by atoms with Crippen LogP contribution in [-0.4, -0.2) is 26.4 Å². The fraction of sp³-hybridized carbons (Fsp3) is 0.292. The van der Waals surface area contributed by atoms with Gasteiger partial charge >= 0.3 is 0 Å². The molecule has 0 aliphatic carbocycles. The molecule has 2 aromatic carbocycles. The van der Waals surface area contributed by atoms with Gasteiger partial charge in [-0.15, -0.1) is 16.8 Å². The van der Waals surface area contributed by atoms with E-state index in [-0.39, 0.29) is 17.8 Å². The van der Waals surface area contributed by atoms with Crippen molar-refractivity contribution in [2.45, 2.75) is 45.0 Å². The third-order valence-corrected chi connectivity index (χ3v) is 5.79. The van der Waals surface area contributed by atoms with Crippen LogP contribution in [0.25, 0.3) is 0 Å². The van der Waals surface area contributed by atoms with Crippen LogP contribution in [0, 0.1) is 6.92 Å². The monoisotopic (exact) mass is 436 g/mol. The summed E-state index contributed by atoms with van der Waals surface area (Å²) in [6.45, 7) is 10.4. The topological polar surface area (TPSA) is 69.0 Å². The van der Waals surface area contributed by atoms with E-state index >= 15 is 0 Å². The van der Waals surface area contributed by atoms with Crippen LogP contribution in [-0.2, 0) is 17.8 Å². The van der Waals surface area contributed by atoms with Gasteiger partial charge in [0.15, 0.2) is 17.1 Å². The lowest BCUT2D eigenvalue weighted by molar-refractivity contribution is -0.113. The average Bonchev–Trinajstić information content (AvgIpc) is 3.17. The number of aryl methyl sites for hydroxylation is 2. The van der Waals surface area contributed by atoms with E-state index in [0.29, 0.717) is 17.5 Å². The van der Waals surface area contributed by atoms with Gasteiger partial charge < -0.3 is 10.1 Å². The number of carbonyl (C=O) groups is 1. The van der Waals surface area contributed by atoms with Crippen LogP contribution < -0.4 is 10.1 Å². The normalized spacial score (nSPS) is 11.7. The molecule has 1 amide bonds. The molecule has 0 aliphatic heterocycles.